The number of nitrogens with two attached hydrogens (primary N) is 1. The lowest BCUT2D eigenvalue weighted by Crippen LogP contribution is -2.47. The molecular weight excluding hydrogens is 456 g/mol. The lowest BCUT2D eigenvalue weighted by molar-refractivity contribution is 0.0321. The van der Waals surface area contributed by atoms with Gasteiger partial charge in [-0.2, -0.15) is 15.8 Å². The molecule has 2 heterocycles. The van der Waals surface area contributed by atoms with Gasteiger partial charge in [0, 0.05) is 44.6 Å². The van der Waals surface area contributed by atoms with Gasteiger partial charge < -0.3 is 24.8 Å². The van der Waals surface area contributed by atoms with Crippen LogP contribution in [0.15, 0.2) is 41.1 Å². The fourth-order valence-electron chi connectivity index (χ4n) is 5.42. The number of morpholine rings is 1. The van der Waals surface area contributed by atoms with E-state index in [2.05, 4.69) is 28.0 Å². The molecule has 4 rings (SSSR count). The molecule has 1 saturated heterocycles. The topological polar surface area (TPSA) is 132 Å². The van der Waals surface area contributed by atoms with Gasteiger partial charge in [-0.3, -0.25) is 4.90 Å². The molecule has 36 heavy (non-hydrogen) atoms. The van der Waals surface area contributed by atoms with Crippen LogP contribution < -0.4 is 15.2 Å². The summed E-state index contributed by atoms with van der Waals surface area (Å²) in [6.07, 6.45) is 1.98. The zero-order chi connectivity index (χ0) is 25.7. The predicted octanol–water partition coefficient (Wildman–Crippen LogP) is 2.15. The lowest BCUT2D eigenvalue weighted by Gasteiger charge is -2.45. The van der Waals surface area contributed by atoms with E-state index in [0.29, 0.717) is 37.8 Å². The van der Waals surface area contributed by atoms with Crippen LogP contribution in [0.25, 0.3) is 0 Å². The Morgan fingerprint density at radius 3 is 2.56 bits per heavy atom. The average Bonchev–Trinajstić information content (AvgIpc) is 2.90. The summed E-state index contributed by atoms with van der Waals surface area (Å²) in [6, 6.07) is 12.1. The van der Waals surface area contributed by atoms with Crippen molar-refractivity contribution in [3.8, 4) is 29.7 Å². The molecule has 0 amide bonds. The van der Waals surface area contributed by atoms with Gasteiger partial charge in [-0.1, -0.05) is 12.1 Å². The molecule has 0 spiro atoms. The van der Waals surface area contributed by atoms with E-state index in [1.807, 2.05) is 38.2 Å². The summed E-state index contributed by atoms with van der Waals surface area (Å²) in [4.78, 5) is 4.41. The van der Waals surface area contributed by atoms with Crippen molar-refractivity contribution in [2.75, 3.05) is 66.2 Å². The number of benzene rings is 1. The number of fused-ring (bicyclic) bond motifs is 1. The number of hydrogen-bond acceptors (Lipinski definition) is 9. The zero-order valence-corrected chi connectivity index (χ0v) is 20.9. The second-order valence-corrected chi connectivity index (χ2v) is 9.34. The molecule has 0 saturated carbocycles. The SMILES string of the molecule is CCOc1cc([C@@H]2[C@@H]3CN(C)CC=C3C(C#N)=C(N)C2(C#N)C#N)ccc1OCCN1CCOCC1. The van der Waals surface area contributed by atoms with Crippen LogP contribution in [0, 0.1) is 45.3 Å². The summed E-state index contributed by atoms with van der Waals surface area (Å²) >= 11 is 0. The van der Waals surface area contributed by atoms with Gasteiger partial charge >= 0.3 is 0 Å². The maximum absolute atomic E-state index is 10.3. The largest absolute Gasteiger partial charge is 0.490 e. The second-order valence-electron chi connectivity index (χ2n) is 9.34. The Morgan fingerprint density at radius 1 is 1.14 bits per heavy atom. The van der Waals surface area contributed by atoms with Gasteiger partial charge in [0.05, 0.1) is 43.2 Å². The Morgan fingerprint density at radius 2 is 1.89 bits per heavy atom. The molecule has 9 heteroatoms. The number of rotatable bonds is 7. The highest BCUT2D eigenvalue weighted by atomic mass is 16.5. The van der Waals surface area contributed by atoms with E-state index in [1.165, 1.54) is 0 Å². The van der Waals surface area contributed by atoms with Crippen LogP contribution in [0.3, 0.4) is 0 Å². The van der Waals surface area contributed by atoms with E-state index in [9.17, 15) is 15.8 Å². The van der Waals surface area contributed by atoms with Crippen molar-refractivity contribution in [2.24, 2.45) is 17.1 Å². The Bertz CT molecular complexity index is 1150. The number of ether oxygens (including phenoxy) is 3. The van der Waals surface area contributed by atoms with Crippen LogP contribution in [0.2, 0.25) is 0 Å². The molecule has 9 nitrogen and oxygen atoms in total. The van der Waals surface area contributed by atoms with Gasteiger partial charge in [-0.25, -0.2) is 0 Å². The first-order chi connectivity index (χ1) is 17.5. The van der Waals surface area contributed by atoms with Crippen molar-refractivity contribution in [2.45, 2.75) is 12.8 Å². The van der Waals surface area contributed by atoms with E-state index in [0.717, 1.165) is 44.0 Å². The highest BCUT2D eigenvalue weighted by Crippen LogP contribution is 2.54. The minimum Gasteiger partial charge on any atom is -0.490 e. The molecule has 1 fully saturated rings. The van der Waals surface area contributed by atoms with Crippen LogP contribution >= 0.6 is 0 Å². The molecule has 0 bridgehead atoms. The quantitative estimate of drug-likeness (QED) is 0.613. The molecule has 188 valence electrons. The van der Waals surface area contributed by atoms with Crippen molar-refractivity contribution in [3.63, 3.8) is 0 Å². The Labute approximate surface area is 212 Å². The van der Waals surface area contributed by atoms with Crippen LogP contribution in [-0.2, 0) is 4.74 Å². The number of allylic oxidation sites excluding steroid dienone is 2. The van der Waals surface area contributed by atoms with Gasteiger partial charge in [0.25, 0.3) is 0 Å². The third-order valence-corrected chi connectivity index (χ3v) is 7.24. The molecular formula is C27H32N6O3. The average molecular weight is 489 g/mol. The molecule has 2 aliphatic heterocycles. The maximum atomic E-state index is 10.3. The summed E-state index contributed by atoms with van der Waals surface area (Å²) in [5.41, 5.74) is 6.58. The molecule has 0 radical (unpaired) electrons. The monoisotopic (exact) mass is 488 g/mol. The zero-order valence-electron chi connectivity index (χ0n) is 20.9. The molecule has 0 aromatic heterocycles. The number of likely N-dealkylation sites (N-methyl/N-ethyl adjacent to an activating group) is 1. The van der Waals surface area contributed by atoms with E-state index in [4.69, 9.17) is 19.9 Å². The summed E-state index contributed by atoms with van der Waals surface area (Å²) in [7, 11) is 1.98. The third-order valence-electron chi connectivity index (χ3n) is 7.24. The van der Waals surface area contributed by atoms with Gasteiger partial charge in [-0.05, 0) is 37.2 Å². The van der Waals surface area contributed by atoms with Crippen molar-refractivity contribution in [3.05, 3.63) is 46.7 Å². The van der Waals surface area contributed by atoms with Gasteiger partial charge in [-0.15, -0.1) is 0 Å². The molecule has 0 unspecified atom stereocenters. The maximum Gasteiger partial charge on any atom is 0.191 e. The first-order valence-electron chi connectivity index (χ1n) is 12.3. The minimum atomic E-state index is -1.67. The highest BCUT2D eigenvalue weighted by Gasteiger charge is 2.54. The van der Waals surface area contributed by atoms with Crippen molar-refractivity contribution in [1.82, 2.24) is 9.80 Å². The van der Waals surface area contributed by atoms with Crippen molar-refractivity contribution in [1.29, 1.82) is 15.8 Å². The lowest BCUT2D eigenvalue weighted by atomic mass is 9.58. The minimum absolute atomic E-state index is 0.0239. The number of nitrogens with zero attached hydrogens (tertiary/aromatic N) is 5. The summed E-state index contributed by atoms with van der Waals surface area (Å²) < 4.78 is 17.4. The van der Waals surface area contributed by atoms with Gasteiger partial charge in [0.1, 0.15) is 12.7 Å². The Kier molecular flexibility index (Phi) is 7.82. The van der Waals surface area contributed by atoms with E-state index in [-0.39, 0.29) is 17.2 Å². The van der Waals surface area contributed by atoms with Crippen LogP contribution in [0.5, 0.6) is 11.5 Å². The van der Waals surface area contributed by atoms with Crippen molar-refractivity contribution >= 4 is 0 Å². The van der Waals surface area contributed by atoms with Gasteiger partial charge in [0.2, 0.25) is 0 Å². The smallest absolute Gasteiger partial charge is 0.191 e. The van der Waals surface area contributed by atoms with Crippen LogP contribution in [-0.4, -0.2) is 76.0 Å². The summed E-state index contributed by atoms with van der Waals surface area (Å²) in [6.45, 7) is 8.14. The summed E-state index contributed by atoms with van der Waals surface area (Å²) in [5.74, 6) is 0.361. The van der Waals surface area contributed by atoms with E-state index >= 15 is 0 Å². The van der Waals surface area contributed by atoms with Crippen LogP contribution in [0.1, 0.15) is 18.4 Å². The molecule has 1 aliphatic carbocycles. The fourth-order valence-corrected chi connectivity index (χ4v) is 5.42. The van der Waals surface area contributed by atoms with Crippen molar-refractivity contribution < 1.29 is 14.2 Å². The first kappa shape index (κ1) is 25.5. The predicted molar refractivity (Wildman–Crippen MR) is 133 cm³/mol. The third kappa shape index (κ3) is 4.64. The molecule has 3 aliphatic rings. The van der Waals surface area contributed by atoms with E-state index < -0.39 is 11.3 Å². The molecule has 1 aromatic rings. The van der Waals surface area contributed by atoms with Gasteiger partial charge in [0.15, 0.2) is 16.9 Å². The Hall–Kier alpha value is -3.55. The first-order valence-corrected chi connectivity index (χ1v) is 12.3. The fraction of sp³-hybridized carbons (Fsp3) is 0.519. The van der Waals surface area contributed by atoms with E-state index in [1.54, 1.807) is 0 Å². The second kappa shape index (κ2) is 11.0. The highest BCUT2D eigenvalue weighted by molar-refractivity contribution is 5.60. The molecule has 2 atom stereocenters. The molecule has 1 aromatic carbocycles. The number of hydrogen-bond donors (Lipinski definition) is 1. The summed E-state index contributed by atoms with van der Waals surface area (Å²) in [5, 5.41) is 30.4. The molecule has 2 N–H and O–H groups in total. The van der Waals surface area contributed by atoms with Crippen LogP contribution in [0.4, 0.5) is 0 Å². The number of nitriles is 3. The Balaban J connectivity index is 1.70. The standard InChI is InChI=1S/C27H32N6O3/c1-3-35-24-14-19(4-5-23(24)36-13-10-33-8-11-34-12-9-33)25-22-16-32(2)7-6-20(22)21(15-28)26(31)27(25,17-29)18-30/h4-6,14,22,25H,3,7-13,16,31H2,1-2H3/t22-,25-/m1/s1. The normalized spacial score (nSPS) is 24.0.